The van der Waals surface area contributed by atoms with Crippen LogP contribution in [-0.4, -0.2) is 16.7 Å². The van der Waals surface area contributed by atoms with Crippen LogP contribution in [0, 0.1) is 0 Å². The van der Waals surface area contributed by atoms with Gasteiger partial charge < -0.3 is 0 Å². The normalized spacial score (nSPS) is 7.00. The van der Waals surface area contributed by atoms with Gasteiger partial charge in [0.2, 0.25) is 0 Å². The van der Waals surface area contributed by atoms with E-state index in [0.717, 1.165) is 0 Å². The minimum absolute atomic E-state index is 0. The first kappa shape index (κ1) is 9.24. The first-order chi connectivity index (χ1) is 1.73. The van der Waals surface area contributed by atoms with Crippen LogP contribution in [0.2, 0.25) is 0 Å². The third-order valence-corrected chi connectivity index (χ3v) is 0. The summed E-state index contributed by atoms with van der Waals surface area (Å²) in [6.07, 6.45) is 3.28. The van der Waals surface area contributed by atoms with Gasteiger partial charge in [-0.05, 0) is 0 Å². The summed E-state index contributed by atoms with van der Waals surface area (Å²) in [6, 6.07) is 0. The molecular weight excluding hydrogens is 137 g/mol. The number of hydrogen-bond donors (Lipinski definition) is 0. The van der Waals surface area contributed by atoms with Gasteiger partial charge in [-0.1, -0.05) is 0 Å². The Hall–Kier alpha value is 0.773. The maximum atomic E-state index is 9.56. The molecule has 0 aliphatic rings. The average Bonchev–Trinajstić information content (AvgIpc) is 0.811. The summed E-state index contributed by atoms with van der Waals surface area (Å²) in [7, 11) is -0.611. The van der Waals surface area contributed by atoms with Crippen molar-refractivity contribution in [3.05, 3.63) is 0 Å². The van der Waals surface area contributed by atoms with E-state index >= 15 is 0 Å². The van der Waals surface area contributed by atoms with Gasteiger partial charge >= 0.3 is 19.5 Å². The first-order valence-corrected chi connectivity index (χ1v) is 2.95. The zero-order valence-corrected chi connectivity index (χ0v) is 7.31. The Morgan fingerprint density at radius 1 is 1.40 bits per heavy atom. The van der Waals surface area contributed by atoms with E-state index in [-0.39, 0.29) is 19.5 Å². The molecule has 0 aromatic carbocycles. The van der Waals surface area contributed by atoms with E-state index in [4.69, 9.17) is 0 Å². The summed E-state index contributed by atoms with van der Waals surface area (Å²) in [5.41, 5.74) is 0. The van der Waals surface area contributed by atoms with Gasteiger partial charge in [-0.15, -0.1) is 0 Å². The fourth-order valence-electron chi connectivity index (χ4n) is 0. The smallest absolute Gasteiger partial charge is 0.260 e. The average molecular weight is 144 g/mol. The van der Waals surface area contributed by atoms with Crippen molar-refractivity contribution >= 4 is 10.8 Å². The van der Waals surface area contributed by atoms with Crippen LogP contribution >= 0.6 is 0 Å². The van der Waals surface area contributed by atoms with Gasteiger partial charge in [-0.25, -0.2) is 0 Å². The van der Waals surface area contributed by atoms with E-state index in [0.29, 0.717) is 0 Å². The van der Waals surface area contributed by atoms with Crippen LogP contribution < -0.4 is 0 Å². The Bertz CT molecular complexity index is 32.6. The van der Waals surface area contributed by atoms with Crippen molar-refractivity contribution < 1.29 is 23.7 Å². The summed E-state index contributed by atoms with van der Waals surface area (Å²) in [4.78, 5) is 0. The third-order valence-electron chi connectivity index (χ3n) is 0. The molecule has 0 aliphatic heterocycles. The van der Waals surface area contributed by atoms with Gasteiger partial charge in [0.15, 0.2) is 0 Å². The largest absolute Gasteiger partial charge is 2.00 e. The van der Waals surface area contributed by atoms with Gasteiger partial charge in [0.1, 0.15) is 0 Å². The molecule has 0 fully saturated rings. The fraction of sp³-hybridized carbons (Fsp3) is 1.00. The van der Waals surface area contributed by atoms with Crippen LogP contribution in [0.4, 0.5) is 0 Å². The maximum absolute atomic E-state index is 9.56. The summed E-state index contributed by atoms with van der Waals surface area (Å²) in [5.74, 6) is 0. The summed E-state index contributed by atoms with van der Waals surface area (Å²) in [5, 5.41) is 0. The minimum Gasteiger partial charge on any atom is -0.260 e. The molecule has 3 heteroatoms. The summed E-state index contributed by atoms with van der Waals surface area (Å²) in [6.45, 7) is 0. The van der Waals surface area contributed by atoms with Crippen LogP contribution in [0.5, 0.6) is 0 Å². The van der Waals surface area contributed by atoms with E-state index in [1.165, 1.54) is 0 Å². The molecule has 0 aliphatic carbocycles. The molecule has 26 valence electrons. The third kappa shape index (κ3) is 61.4. The standard InChI is InChI=1S/C2H6OS.Zn/c1-4(2)3;/h1-2H3;/q;+2. The molecule has 0 aromatic heterocycles. The van der Waals surface area contributed by atoms with E-state index in [2.05, 4.69) is 0 Å². The minimum atomic E-state index is -0.611. The van der Waals surface area contributed by atoms with E-state index in [1.54, 1.807) is 12.5 Å². The molecule has 0 saturated carbocycles. The number of hydrogen-bond acceptors (Lipinski definition) is 1. The first-order valence-electron chi connectivity index (χ1n) is 0.983. The Labute approximate surface area is 47.4 Å². The summed E-state index contributed by atoms with van der Waals surface area (Å²) < 4.78 is 9.56. The predicted octanol–water partition coefficient (Wildman–Crippen LogP) is -0.00780. The molecule has 0 radical (unpaired) electrons. The molecular formula is C2H6OSZn+2. The van der Waals surface area contributed by atoms with E-state index < -0.39 is 10.8 Å². The van der Waals surface area contributed by atoms with Crippen LogP contribution in [0.1, 0.15) is 0 Å². The van der Waals surface area contributed by atoms with Crippen molar-refractivity contribution in [2.75, 3.05) is 12.5 Å². The molecule has 1 nitrogen and oxygen atoms in total. The number of rotatable bonds is 0. The zero-order valence-electron chi connectivity index (χ0n) is 3.52. The quantitative estimate of drug-likeness (QED) is 0.436. The Balaban J connectivity index is 0. The Kier molecular flexibility index (Phi) is 8.82. The van der Waals surface area contributed by atoms with Gasteiger partial charge in [-0.3, -0.25) is 4.21 Å². The van der Waals surface area contributed by atoms with Gasteiger partial charge in [0, 0.05) is 23.3 Å². The van der Waals surface area contributed by atoms with E-state index in [1.807, 2.05) is 0 Å². The SMILES string of the molecule is CS(C)=O.[Zn+2]. The van der Waals surface area contributed by atoms with Crippen molar-refractivity contribution in [1.82, 2.24) is 0 Å². The van der Waals surface area contributed by atoms with Crippen molar-refractivity contribution in [2.24, 2.45) is 0 Å². The van der Waals surface area contributed by atoms with Gasteiger partial charge in [0.05, 0.1) is 0 Å². The van der Waals surface area contributed by atoms with Crippen molar-refractivity contribution in [1.29, 1.82) is 0 Å². The monoisotopic (exact) mass is 142 g/mol. The van der Waals surface area contributed by atoms with Crippen molar-refractivity contribution in [3.63, 3.8) is 0 Å². The molecule has 0 atom stereocenters. The second-order valence-corrected chi connectivity index (χ2v) is 2.22. The predicted molar refractivity (Wildman–Crippen MR) is 20.0 cm³/mol. The molecule has 0 amide bonds. The fourth-order valence-corrected chi connectivity index (χ4v) is 0. The van der Waals surface area contributed by atoms with Crippen LogP contribution in [0.25, 0.3) is 0 Å². The maximum Gasteiger partial charge on any atom is 2.00 e. The molecule has 0 heterocycles. The molecule has 0 unspecified atom stereocenters. The van der Waals surface area contributed by atoms with Gasteiger partial charge in [-0.2, -0.15) is 0 Å². The van der Waals surface area contributed by atoms with Crippen molar-refractivity contribution in [2.45, 2.75) is 0 Å². The van der Waals surface area contributed by atoms with Crippen LogP contribution in [-0.2, 0) is 30.3 Å². The Morgan fingerprint density at radius 3 is 1.40 bits per heavy atom. The van der Waals surface area contributed by atoms with E-state index in [9.17, 15) is 4.21 Å². The summed E-state index contributed by atoms with van der Waals surface area (Å²) >= 11 is 0. The molecule has 0 saturated heterocycles. The zero-order chi connectivity index (χ0) is 3.58. The van der Waals surface area contributed by atoms with Crippen LogP contribution in [0.15, 0.2) is 0 Å². The molecule has 0 bridgehead atoms. The molecule has 0 spiro atoms. The molecule has 5 heavy (non-hydrogen) atoms. The van der Waals surface area contributed by atoms with Crippen LogP contribution in [0.3, 0.4) is 0 Å². The van der Waals surface area contributed by atoms with Crippen molar-refractivity contribution in [3.8, 4) is 0 Å². The molecule has 0 N–H and O–H groups in total. The van der Waals surface area contributed by atoms with Gasteiger partial charge in [0.25, 0.3) is 0 Å². The second-order valence-electron chi connectivity index (χ2n) is 0.742. The Morgan fingerprint density at radius 2 is 1.40 bits per heavy atom. The topological polar surface area (TPSA) is 17.1 Å². The molecule has 0 aromatic rings. The molecule has 0 rings (SSSR count). The second kappa shape index (κ2) is 4.77.